The lowest BCUT2D eigenvalue weighted by atomic mass is 9.49. The number of ether oxygens (including phenoxy) is 1. The van der Waals surface area contributed by atoms with Gasteiger partial charge in [-0.2, -0.15) is 0 Å². The van der Waals surface area contributed by atoms with Crippen LogP contribution in [0.25, 0.3) is 0 Å². The number of rotatable bonds is 5. The molecule has 8 nitrogen and oxygen atoms in total. The average Bonchev–Trinajstić information content (AvgIpc) is 3.15. The Morgan fingerprint density at radius 1 is 0.968 bits per heavy atom. The average molecular weight is 434 g/mol. The van der Waals surface area contributed by atoms with Crippen LogP contribution in [0.15, 0.2) is 0 Å². The van der Waals surface area contributed by atoms with Crippen molar-refractivity contribution in [1.29, 1.82) is 0 Å². The Morgan fingerprint density at radius 2 is 1.55 bits per heavy atom. The van der Waals surface area contributed by atoms with E-state index in [1.165, 1.54) is 26.2 Å². The number of nitrogens with one attached hydrogen (secondary N) is 2. The van der Waals surface area contributed by atoms with Gasteiger partial charge in [0.25, 0.3) is 5.91 Å². The second kappa shape index (κ2) is 8.43. The quantitative estimate of drug-likeness (QED) is 0.648. The molecule has 0 aromatic rings. The number of esters is 1. The highest BCUT2D eigenvalue weighted by molar-refractivity contribution is 5.97. The molecule has 0 unspecified atom stereocenters. The topological polar surface area (TPSA) is 105 Å². The lowest BCUT2D eigenvalue weighted by Gasteiger charge is -2.56. The van der Waals surface area contributed by atoms with Crippen LogP contribution < -0.4 is 10.6 Å². The van der Waals surface area contributed by atoms with E-state index in [2.05, 4.69) is 10.6 Å². The highest BCUT2D eigenvalue weighted by Crippen LogP contribution is 2.60. The van der Waals surface area contributed by atoms with E-state index in [1.807, 2.05) is 0 Å². The zero-order valence-electron chi connectivity index (χ0n) is 18.8. The molecule has 1 aliphatic heterocycles. The minimum absolute atomic E-state index is 0.117. The molecule has 0 spiro atoms. The van der Waals surface area contributed by atoms with Gasteiger partial charge in [-0.1, -0.05) is 0 Å². The Hall–Kier alpha value is -2.12. The van der Waals surface area contributed by atoms with Crippen LogP contribution in [-0.4, -0.2) is 53.4 Å². The summed E-state index contributed by atoms with van der Waals surface area (Å²) < 4.78 is 5.38. The number of carbonyl (C=O) groups excluding carboxylic acids is 4. The van der Waals surface area contributed by atoms with Crippen molar-refractivity contribution in [3.8, 4) is 0 Å². The van der Waals surface area contributed by atoms with E-state index in [9.17, 15) is 19.2 Å². The van der Waals surface area contributed by atoms with E-state index < -0.39 is 30.1 Å². The molecule has 5 rings (SSSR count). The first-order chi connectivity index (χ1) is 14.7. The molecule has 4 bridgehead atoms. The number of likely N-dealkylation sites (tertiary alicyclic amines) is 1. The molecule has 172 valence electrons. The lowest BCUT2D eigenvalue weighted by Crippen LogP contribution is -2.56. The monoisotopic (exact) mass is 433 g/mol. The molecule has 0 radical (unpaired) electrons. The number of nitrogens with zero attached hydrogens (tertiary/aromatic N) is 1. The number of carbonyl (C=O) groups is 4. The molecule has 5 fully saturated rings. The van der Waals surface area contributed by atoms with E-state index in [1.54, 1.807) is 18.7 Å². The van der Waals surface area contributed by atoms with Gasteiger partial charge < -0.3 is 15.0 Å². The first kappa shape index (κ1) is 22.1. The van der Waals surface area contributed by atoms with Crippen molar-refractivity contribution >= 4 is 23.8 Å². The number of hydrogen-bond acceptors (Lipinski definition) is 5. The summed E-state index contributed by atoms with van der Waals surface area (Å²) in [4.78, 5) is 52.2. The van der Waals surface area contributed by atoms with Crippen molar-refractivity contribution in [1.82, 2.24) is 15.5 Å². The minimum atomic E-state index is -1.11. The molecule has 2 atom stereocenters. The van der Waals surface area contributed by atoms with Crippen LogP contribution in [0.3, 0.4) is 0 Å². The van der Waals surface area contributed by atoms with Crippen LogP contribution in [-0.2, 0) is 19.1 Å². The number of amides is 4. The van der Waals surface area contributed by atoms with Gasteiger partial charge in [-0.15, -0.1) is 0 Å². The zero-order chi connectivity index (χ0) is 22.3. The third-order valence-corrected chi connectivity index (χ3v) is 7.60. The molecule has 4 amide bonds. The second-order valence-corrected chi connectivity index (χ2v) is 10.6. The van der Waals surface area contributed by atoms with E-state index >= 15 is 0 Å². The predicted molar refractivity (Wildman–Crippen MR) is 113 cm³/mol. The maximum absolute atomic E-state index is 13.7. The van der Waals surface area contributed by atoms with Crippen LogP contribution in [0.4, 0.5) is 4.79 Å². The summed E-state index contributed by atoms with van der Waals surface area (Å²) >= 11 is 0. The van der Waals surface area contributed by atoms with Crippen molar-refractivity contribution in [3.05, 3.63) is 0 Å². The molecular weight excluding hydrogens is 398 g/mol. The van der Waals surface area contributed by atoms with Gasteiger partial charge in [0.1, 0.15) is 6.04 Å². The fourth-order valence-corrected chi connectivity index (χ4v) is 6.75. The summed E-state index contributed by atoms with van der Waals surface area (Å²) in [5.74, 6) is 0.863. The van der Waals surface area contributed by atoms with E-state index in [-0.39, 0.29) is 17.4 Å². The van der Waals surface area contributed by atoms with Crippen molar-refractivity contribution in [2.24, 2.45) is 23.2 Å². The third-order valence-electron chi connectivity index (χ3n) is 7.60. The molecule has 5 aliphatic rings. The standard InChI is InChI=1S/C23H35N3O5/c1-13(2)24-22(30)25-19(27)14(3)31-20(28)18-5-4-6-26(18)21(29)23-10-15-7-16(11-23)9-17(8-15)12-23/h13-18H,4-12H2,1-3H3,(H2,24,25,27,30)/t14-,15?,16?,17?,18-,23?/m1/s1. The van der Waals surface area contributed by atoms with Crippen molar-refractivity contribution < 1.29 is 23.9 Å². The van der Waals surface area contributed by atoms with Gasteiger partial charge in [0.2, 0.25) is 5.91 Å². The summed E-state index contributed by atoms with van der Waals surface area (Å²) in [6.07, 6.45) is 6.86. The van der Waals surface area contributed by atoms with E-state index in [0.29, 0.717) is 30.7 Å². The summed E-state index contributed by atoms with van der Waals surface area (Å²) in [7, 11) is 0. The summed E-state index contributed by atoms with van der Waals surface area (Å²) in [5.41, 5.74) is -0.296. The van der Waals surface area contributed by atoms with Crippen LogP contribution in [0, 0.1) is 23.2 Å². The number of imide groups is 1. The molecule has 4 saturated carbocycles. The Morgan fingerprint density at radius 3 is 2.10 bits per heavy atom. The molecule has 0 aromatic heterocycles. The molecule has 4 aliphatic carbocycles. The van der Waals surface area contributed by atoms with Crippen LogP contribution in [0.5, 0.6) is 0 Å². The number of hydrogen-bond donors (Lipinski definition) is 2. The second-order valence-electron chi connectivity index (χ2n) is 10.6. The van der Waals surface area contributed by atoms with Gasteiger partial charge in [0.05, 0.1) is 5.41 Å². The predicted octanol–water partition coefficient (Wildman–Crippen LogP) is 2.36. The molecule has 1 heterocycles. The SMILES string of the molecule is CC(C)NC(=O)NC(=O)[C@@H](C)OC(=O)[C@H]1CCCN1C(=O)C12CC3CC(CC(C3)C1)C2. The maximum atomic E-state index is 13.7. The maximum Gasteiger partial charge on any atom is 0.329 e. The third kappa shape index (κ3) is 4.44. The zero-order valence-corrected chi connectivity index (χ0v) is 18.8. The Kier molecular flexibility index (Phi) is 6.01. The number of urea groups is 1. The van der Waals surface area contributed by atoms with Gasteiger partial charge in [-0.25, -0.2) is 9.59 Å². The molecule has 8 heteroatoms. The normalized spacial score (nSPS) is 34.5. The van der Waals surface area contributed by atoms with Gasteiger partial charge >= 0.3 is 12.0 Å². The molecule has 1 saturated heterocycles. The Labute approximate surface area is 183 Å². The van der Waals surface area contributed by atoms with Gasteiger partial charge in [0, 0.05) is 12.6 Å². The molecule has 31 heavy (non-hydrogen) atoms. The van der Waals surface area contributed by atoms with Crippen molar-refractivity contribution in [3.63, 3.8) is 0 Å². The van der Waals surface area contributed by atoms with Crippen LogP contribution in [0.2, 0.25) is 0 Å². The Bertz CT molecular complexity index is 729. The fourth-order valence-electron chi connectivity index (χ4n) is 6.75. The fraction of sp³-hybridized carbons (Fsp3) is 0.826. The summed E-state index contributed by atoms with van der Waals surface area (Å²) in [5, 5.41) is 4.74. The van der Waals surface area contributed by atoms with Gasteiger partial charge in [-0.3, -0.25) is 14.9 Å². The highest BCUT2D eigenvalue weighted by Gasteiger charge is 2.57. The van der Waals surface area contributed by atoms with Crippen LogP contribution in [0.1, 0.15) is 72.1 Å². The highest BCUT2D eigenvalue weighted by atomic mass is 16.5. The van der Waals surface area contributed by atoms with Crippen molar-refractivity contribution in [2.75, 3.05) is 6.54 Å². The smallest absolute Gasteiger partial charge is 0.329 e. The minimum Gasteiger partial charge on any atom is -0.451 e. The molecule has 2 N–H and O–H groups in total. The summed E-state index contributed by atoms with van der Waals surface area (Å²) in [6, 6.07) is -1.38. The largest absolute Gasteiger partial charge is 0.451 e. The molecule has 0 aromatic carbocycles. The first-order valence-electron chi connectivity index (χ1n) is 11.8. The lowest BCUT2D eigenvalue weighted by molar-refractivity contribution is -0.168. The van der Waals surface area contributed by atoms with Crippen molar-refractivity contribution in [2.45, 2.75) is 90.3 Å². The molecular formula is C23H35N3O5. The van der Waals surface area contributed by atoms with E-state index in [4.69, 9.17) is 4.74 Å². The first-order valence-corrected chi connectivity index (χ1v) is 11.8. The summed E-state index contributed by atoms with van der Waals surface area (Å²) in [6.45, 7) is 5.57. The van der Waals surface area contributed by atoms with E-state index in [0.717, 1.165) is 25.7 Å². The van der Waals surface area contributed by atoms with Gasteiger partial charge in [-0.05, 0) is 89.9 Å². The van der Waals surface area contributed by atoms with Crippen LogP contribution >= 0.6 is 0 Å². The van der Waals surface area contributed by atoms with Gasteiger partial charge in [0.15, 0.2) is 6.10 Å². The Balaban J connectivity index is 1.37.